The molecule has 0 amide bonds. The predicted molar refractivity (Wildman–Crippen MR) is 40.9 cm³/mol. The maximum atomic E-state index is 10.9. The minimum absolute atomic E-state index is 0.146. The van der Waals surface area contributed by atoms with Gasteiger partial charge in [0.15, 0.2) is 0 Å². The van der Waals surface area contributed by atoms with Gasteiger partial charge in [0.2, 0.25) is 0 Å². The van der Waals surface area contributed by atoms with E-state index in [1.54, 1.807) is 13.8 Å². The van der Waals surface area contributed by atoms with E-state index in [4.69, 9.17) is 9.22 Å². The molecule has 0 saturated carbocycles. The highest BCUT2D eigenvalue weighted by Crippen LogP contribution is 2.26. The first-order valence-corrected chi connectivity index (χ1v) is 3.55. The minimum Gasteiger partial charge on any atom is -0.481 e. The minimum atomic E-state index is -2.41. The third-order valence-electron chi connectivity index (χ3n) is 1.69. The lowest BCUT2D eigenvalue weighted by Crippen LogP contribution is -2.26. The quantitative estimate of drug-likeness (QED) is 0.662. The van der Waals surface area contributed by atoms with Crippen LogP contribution in [0.25, 0.3) is 0 Å². The zero-order valence-electron chi connectivity index (χ0n) is 9.48. The van der Waals surface area contributed by atoms with E-state index in [2.05, 4.69) is 0 Å². The van der Waals surface area contributed by atoms with Gasteiger partial charge in [0.1, 0.15) is 0 Å². The molecule has 0 rings (SSSR count). The summed E-state index contributed by atoms with van der Waals surface area (Å²) in [4.78, 5) is 10.9. The van der Waals surface area contributed by atoms with E-state index in [9.17, 15) is 4.79 Å². The molecule has 2 nitrogen and oxygen atoms in total. The molecule has 10 heavy (non-hydrogen) atoms. The molecule has 1 atom stereocenters. The lowest BCUT2D eigenvalue weighted by molar-refractivity contribution is -0.148. The molecule has 0 aromatic rings. The SMILES string of the molecule is [2H]C([2H])([2H])C(CC)(CCC)C(=O)O. The number of hydrogen-bond donors (Lipinski definition) is 1. The van der Waals surface area contributed by atoms with Gasteiger partial charge in [0.05, 0.1) is 5.41 Å². The van der Waals surface area contributed by atoms with Crippen LogP contribution in [0.15, 0.2) is 0 Å². The predicted octanol–water partition coefficient (Wildman–Crippen LogP) is 2.29. The number of carboxylic acids is 1. The van der Waals surface area contributed by atoms with Gasteiger partial charge >= 0.3 is 5.97 Å². The smallest absolute Gasteiger partial charge is 0.309 e. The van der Waals surface area contributed by atoms with Crippen LogP contribution in [0.5, 0.6) is 0 Å². The third kappa shape index (κ3) is 2.01. The molecule has 0 spiro atoms. The Labute approximate surface area is 66.5 Å². The van der Waals surface area contributed by atoms with Gasteiger partial charge in [-0.1, -0.05) is 20.3 Å². The van der Waals surface area contributed by atoms with E-state index < -0.39 is 18.2 Å². The fraction of sp³-hybridized carbons (Fsp3) is 0.875. The van der Waals surface area contributed by atoms with E-state index in [0.29, 0.717) is 6.42 Å². The molecule has 0 radical (unpaired) electrons. The van der Waals surface area contributed by atoms with Crippen LogP contribution in [0.2, 0.25) is 0 Å². The summed E-state index contributed by atoms with van der Waals surface area (Å²) in [5.74, 6) is -1.21. The summed E-state index contributed by atoms with van der Waals surface area (Å²) in [5.41, 5.74) is -1.55. The fourth-order valence-corrected chi connectivity index (χ4v) is 0.862. The second-order valence-electron chi connectivity index (χ2n) is 2.49. The summed E-state index contributed by atoms with van der Waals surface area (Å²) in [5, 5.41) is 8.93. The molecule has 1 N–H and O–H groups in total. The van der Waals surface area contributed by atoms with Gasteiger partial charge in [-0.15, -0.1) is 0 Å². The highest BCUT2D eigenvalue weighted by Gasteiger charge is 2.29. The van der Waals surface area contributed by atoms with Crippen molar-refractivity contribution in [3.05, 3.63) is 0 Å². The van der Waals surface area contributed by atoms with Crippen molar-refractivity contribution in [1.29, 1.82) is 0 Å². The Bertz CT molecular complexity index is 188. The molecule has 0 bridgehead atoms. The van der Waals surface area contributed by atoms with E-state index in [-0.39, 0.29) is 12.8 Å². The van der Waals surface area contributed by atoms with Crippen molar-refractivity contribution in [2.24, 2.45) is 5.41 Å². The highest BCUT2D eigenvalue weighted by atomic mass is 16.4. The zero-order chi connectivity index (χ0) is 10.7. The van der Waals surface area contributed by atoms with Gasteiger partial charge in [0.25, 0.3) is 0 Å². The first-order valence-electron chi connectivity index (χ1n) is 5.05. The Balaban J connectivity index is 4.98. The third-order valence-corrected chi connectivity index (χ3v) is 1.69. The summed E-state index contributed by atoms with van der Waals surface area (Å²) in [6, 6.07) is 0. The molecule has 1 unspecified atom stereocenters. The molecule has 0 aliphatic carbocycles. The summed E-state index contributed by atoms with van der Waals surface area (Å²) >= 11 is 0. The average molecular weight is 147 g/mol. The molecule has 2 heteroatoms. The molecule has 0 aromatic heterocycles. The molecule has 0 aliphatic rings. The Morgan fingerprint density at radius 3 is 2.40 bits per heavy atom. The summed E-state index contributed by atoms with van der Waals surface area (Å²) in [6.07, 6.45) is 0.917. The largest absolute Gasteiger partial charge is 0.481 e. The van der Waals surface area contributed by atoms with Crippen LogP contribution in [-0.4, -0.2) is 11.1 Å². The second kappa shape index (κ2) is 3.59. The maximum absolute atomic E-state index is 10.9. The number of carboxylic acid groups (broad SMARTS) is 1. The molecular weight excluding hydrogens is 128 g/mol. The number of hydrogen-bond acceptors (Lipinski definition) is 1. The number of aliphatic carboxylic acids is 1. The van der Waals surface area contributed by atoms with Gasteiger partial charge in [-0.25, -0.2) is 0 Å². The summed E-state index contributed by atoms with van der Waals surface area (Å²) in [7, 11) is 0. The standard InChI is InChI=1S/C8H16O2/c1-4-6-8(3,5-2)7(9)10/h4-6H2,1-3H3,(H,9,10)/i3D3. The van der Waals surface area contributed by atoms with Crippen molar-refractivity contribution in [2.75, 3.05) is 0 Å². The topological polar surface area (TPSA) is 37.3 Å². The normalized spacial score (nSPS) is 22.0. The van der Waals surface area contributed by atoms with E-state index in [1.165, 1.54) is 0 Å². The zero-order valence-corrected chi connectivity index (χ0v) is 6.48. The Morgan fingerprint density at radius 1 is 1.70 bits per heavy atom. The van der Waals surface area contributed by atoms with Gasteiger partial charge in [-0.2, -0.15) is 0 Å². The lowest BCUT2D eigenvalue weighted by atomic mass is 9.83. The van der Waals surface area contributed by atoms with Crippen LogP contribution in [-0.2, 0) is 4.79 Å². The molecule has 0 heterocycles. The fourth-order valence-electron chi connectivity index (χ4n) is 0.862. The van der Waals surface area contributed by atoms with Crippen LogP contribution in [0.4, 0.5) is 0 Å². The average Bonchev–Trinajstić information content (AvgIpc) is 1.96. The second-order valence-corrected chi connectivity index (χ2v) is 2.49. The van der Waals surface area contributed by atoms with E-state index >= 15 is 0 Å². The molecule has 0 saturated heterocycles. The first kappa shape index (κ1) is 5.16. The van der Waals surface area contributed by atoms with Crippen molar-refractivity contribution < 1.29 is 14.0 Å². The van der Waals surface area contributed by atoms with Crippen LogP contribution in [0, 0.1) is 5.41 Å². The molecule has 60 valence electrons. The first-order chi connectivity index (χ1) is 5.81. The van der Waals surface area contributed by atoms with Crippen molar-refractivity contribution in [3.63, 3.8) is 0 Å². The van der Waals surface area contributed by atoms with Crippen LogP contribution in [0.1, 0.15) is 44.1 Å². The van der Waals surface area contributed by atoms with Crippen molar-refractivity contribution in [2.45, 2.75) is 40.0 Å². The van der Waals surface area contributed by atoms with E-state index in [0.717, 1.165) is 0 Å². The highest BCUT2D eigenvalue weighted by molar-refractivity contribution is 5.73. The summed E-state index contributed by atoms with van der Waals surface area (Å²) < 4.78 is 21.7. The summed E-state index contributed by atoms with van der Waals surface area (Å²) in [6.45, 7) is 0.985. The van der Waals surface area contributed by atoms with Crippen LogP contribution >= 0.6 is 0 Å². The molecule has 0 aliphatic heterocycles. The van der Waals surface area contributed by atoms with Gasteiger partial charge < -0.3 is 5.11 Å². The number of rotatable bonds is 4. The molecular formula is C8H16O2. The molecule has 0 fully saturated rings. The van der Waals surface area contributed by atoms with Crippen LogP contribution in [0.3, 0.4) is 0 Å². The Hall–Kier alpha value is -0.530. The van der Waals surface area contributed by atoms with Crippen molar-refractivity contribution in [3.8, 4) is 0 Å². The van der Waals surface area contributed by atoms with Crippen molar-refractivity contribution >= 4 is 5.97 Å². The van der Waals surface area contributed by atoms with Crippen molar-refractivity contribution in [1.82, 2.24) is 0 Å². The maximum Gasteiger partial charge on any atom is 0.309 e. The molecule has 0 aromatic carbocycles. The van der Waals surface area contributed by atoms with E-state index in [1.807, 2.05) is 0 Å². The Morgan fingerprint density at radius 2 is 2.30 bits per heavy atom. The monoisotopic (exact) mass is 147 g/mol. The lowest BCUT2D eigenvalue weighted by Gasteiger charge is -2.21. The van der Waals surface area contributed by atoms with Crippen LogP contribution < -0.4 is 0 Å². The van der Waals surface area contributed by atoms with Gasteiger partial charge in [0, 0.05) is 4.11 Å². The van der Waals surface area contributed by atoms with Gasteiger partial charge in [-0.3, -0.25) is 4.79 Å². The van der Waals surface area contributed by atoms with Gasteiger partial charge in [-0.05, 0) is 19.7 Å². The Kier molecular flexibility index (Phi) is 1.86. The number of carbonyl (C=O) groups is 1.